The van der Waals surface area contributed by atoms with Gasteiger partial charge >= 0.3 is 0 Å². The van der Waals surface area contributed by atoms with E-state index in [1.165, 1.54) is 11.8 Å². The van der Waals surface area contributed by atoms with Gasteiger partial charge in [0.05, 0.1) is 30.1 Å². The molecule has 0 bridgehead atoms. The molecule has 1 aromatic heterocycles. The molecule has 2 aromatic rings. The van der Waals surface area contributed by atoms with Gasteiger partial charge in [0.15, 0.2) is 16.7 Å². The number of carbonyl (C=O) groups is 1. The molecular weight excluding hydrogens is 352 g/mol. The van der Waals surface area contributed by atoms with Crippen LogP contribution in [0.1, 0.15) is 13.3 Å². The zero-order valence-electron chi connectivity index (χ0n) is 14.5. The van der Waals surface area contributed by atoms with E-state index in [9.17, 15) is 4.79 Å². The normalized spacial score (nSPS) is 12.5. The Labute approximate surface area is 156 Å². The average Bonchev–Trinajstić information content (AvgIpc) is 3.09. The number of aromatic nitrogens is 2. The summed E-state index contributed by atoms with van der Waals surface area (Å²) in [6.45, 7) is 4.27. The standard InChI is InChI=1S/C18H20N4O3S/c1-2-22-14(13-4-5-15-16(10-13)25-9-8-24-15)11-21-18(22)26-12-17(23)20-7-3-6-19/h4-5,10-11H,2-3,7-9,12H2,1H3,(H,20,23). The van der Waals surface area contributed by atoms with E-state index in [1.54, 1.807) is 0 Å². The lowest BCUT2D eigenvalue weighted by atomic mass is 10.1. The van der Waals surface area contributed by atoms with Gasteiger partial charge in [-0.2, -0.15) is 5.26 Å². The van der Waals surface area contributed by atoms with Crippen LogP contribution in [0.3, 0.4) is 0 Å². The number of benzene rings is 1. The Morgan fingerprint density at radius 2 is 2.19 bits per heavy atom. The van der Waals surface area contributed by atoms with E-state index < -0.39 is 0 Å². The fourth-order valence-corrected chi connectivity index (χ4v) is 3.52. The van der Waals surface area contributed by atoms with Crippen LogP contribution >= 0.6 is 11.8 Å². The van der Waals surface area contributed by atoms with Gasteiger partial charge in [0.2, 0.25) is 5.91 Å². The Bertz CT molecular complexity index is 828. The van der Waals surface area contributed by atoms with Crippen molar-refractivity contribution in [3.8, 4) is 28.8 Å². The lowest BCUT2D eigenvalue weighted by Gasteiger charge is -2.19. The van der Waals surface area contributed by atoms with Crippen molar-refractivity contribution in [2.24, 2.45) is 0 Å². The second kappa shape index (κ2) is 8.63. The molecule has 0 saturated carbocycles. The minimum atomic E-state index is -0.100. The number of nitrogens with one attached hydrogen (secondary N) is 1. The second-order valence-electron chi connectivity index (χ2n) is 5.58. The van der Waals surface area contributed by atoms with Gasteiger partial charge in [-0.05, 0) is 25.1 Å². The zero-order chi connectivity index (χ0) is 18.4. The summed E-state index contributed by atoms with van der Waals surface area (Å²) in [6.07, 6.45) is 2.12. The minimum absolute atomic E-state index is 0.100. The molecule has 7 nitrogen and oxygen atoms in total. The summed E-state index contributed by atoms with van der Waals surface area (Å²) in [6, 6.07) is 7.85. The third kappa shape index (κ3) is 4.11. The highest BCUT2D eigenvalue weighted by Gasteiger charge is 2.16. The number of amides is 1. The van der Waals surface area contributed by atoms with Crippen LogP contribution in [0.2, 0.25) is 0 Å². The largest absolute Gasteiger partial charge is 0.486 e. The SMILES string of the molecule is CCn1c(-c2ccc3c(c2)OCCO3)cnc1SCC(=O)NCCC#N. The highest BCUT2D eigenvalue weighted by molar-refractivity contribution is 7.99. The monoisotopic (exact) mass is 372 g/mol. The maximum absolute atomic E-state index is 11.8. The Morgan fingerprint density at radius 3 is 2.96 bits per heavy atom. The van der Waals surface area contributed by atoms with Crippen molar-refractivity contribution in [2.75, 3.05) is 25.5 Å². The van der Waals surface area contributed by atoms with E-state index in [0.717, 1.165) is 34.5 Å². The van der Waals surface area contributed by atoms with Gasteiger partial charge < -0.3 is 19.4 Å². The van der Waals surface area contributed by atoms with Crippen LogP contribution in [0.15, 0.2) is 29.6 Å². The molecular formula is C18H20N4O3S. The molecule has 1 aromatic carbocycles. The van der Waals surface area contributed by atoms with Crippen LogP contribution in [-0.4, -0.2) is 41.0 Å². The maximum Gasteiger partial charge on any atom is 0.230 e. The van der Waals surface area contributed by atoms with Crippen molar-refractivity contribution < 1.29 is 14.3 Å². The lowest BCUT2D eigenvalue weighted by molar-refractivity contribution is -0.118. The van der Waals surface area contributed by atoms with Gasteiger partial charge in [-0.15, -0.1) is 0 Å². The Hall–Kier alpha value is -2.66. The smallest absolute Gasteiger partial charge is 0.230 e. The molecule has 8 heteroatoms. The first-order valence-electron chi connectivity index (χ1n) is 8.45. The summed E-state index contributed by atoms with van der Waals surface area (Å²) in [5.41, 5.74) is 1.96. The Morgan fingerprint density at radius 1 is 1.38 bits per heavy atom. The lowest BCUT2D eigenvalue weighted by Crippen LogP contribution is -2.26. The van der Waals surface area contributed by atoms with Crippen molar-refractivity contribution in [3.05, 3.63) is 24.4 Å². The predicted octanol–water partition coefficient (Wildman–Crippen LogP) is 2.46. The first kappa shape index (κ1) is 18.1. The van der Waals surface area contributed by atoms with Crippen LogP contribution in [-0.2, 0) is 11.3 Å². The first-order valence-corrected chi connectivity index (χ1v) is 9.43. The van der Waals surface area contributed by atoms with Crippen LogP contribution in [0.5, 0.6) is 11.5 Å². The molecule has 1 aliphatic rings. The van der Waals surface area contributed by atoms with Crippen LogP contribution < -0.4 is 14.8 Å². The molecule has 1 N–H and O–H groups in total. The number of nitriles is 1. The molecule has 0 saturated heterocycles. The molecule has 26 heavy (non-hydrogen) atoms. The Balaban J connectivity index is 1.72. The number of imidazole rings is 1. The average molecular weight is 372 g/mol. The fourth-order valence-electron chi connectivity index (χ4n) is 2.65. The van der Waals surface area contributed by atoms with E-state index in [1.807, 2.05) is 37.4 Å². The fraction of sp³-hybridized carbons (Fsp3) is 0.389. The molecule has 1 aliphatic heterocycles. The highest BCUT2D eigenvalue weighted by Crippen LogP contribution is 2.35. The summed E-state index contributed by atoms with van der Waals surface area (Å²) >= 11 is 1.38. The predicted molar refractivity (Wildman–Crippen MR) is 98.3 cm³/mol. The van der Waals surface area contributed by atoms with Gasteiger partial charge in [-0.1, -0.05) is 11.8 Å². The van der Waals surface area contributed by atoms with Crippen molar-refractivity contribution in [1.29, 1.82) is 5.26 Å². The number of hydrogen-bond donors (Lipinski definition) is 1. The number of carbonyl (C=O) groups excluding carboxylic acids is 1. The molecule has 136 valence electrons. The second-order valence-corrected chi connectivity index (χ2v) is 6.52. The summed E-state index contributed by atoms with van der Waals surface area (Å²) in [5, 5.41) is 12.0. The quantitative estimate of drug-likeness (QED) is 0.593. The van der Waals surface area contributed by atoms with Gasteiger partial charge in [-0.3, -0.25) is 4.79 Å². The van der Waals surface area contributed by atoms with E-state index in [-0.39, 0.29) is 11.7 Å². The number of nitrogens with zero attached hydrogens (tertiary/aromatic N) is 3. The topological polar surface area (TPSA) is 89.2 Å². The van der Waals surface area contributed by atoms with Gasteiger partial charge in [-0.25, -0.2) is 4.98 Å². The highest BCUT2D eigenvalue weighted by atomic mass is 32.2. The Kier molecular flexibility index (Phi) is 6.02. The third-order valence-electron chi connectivity index (χ3n) is 3.86. The van der Waals surface area contributed by atoms with E-state index in [0.29, 0.717) is 26.2 Å². The van der Waals surface area contributed by atoms with E-state index in [2.05, 4.69) is 14.9 Å². The van der Waals surface area contributed by atoms with Crippen molar-refractivity contribution in [2.45, 2.75) is 25.0 Å². The number of ether oxygens (including phenoxy) is 2. The van der Waals surface area contributed by atoms with Gasteiger partial charge in [0.1, 0.15) is 13.2 Å². The van der Waals surface area contributed by atoms with Crippen molar-refractivity contribution in [3.63, 3.8) is 0 Å². The summed E-state index contributed by atoms with van der Waals surface area (Å²) in [7, 11) is 0. The van der Waals surface area contributed by atoms with E-state index >= 15 is 0 Å². The number of rotatable bonds is 7. The van der Waals surface area contributed by atoms with Crippen LogP contribution in [0.4, 0.5) is 0 Å². The van der Waals surface area contributed by atoms with Gasteiger partial charge in [0, 0.05) is 18.7 Å². The molecule has 0 unspecified atom stereocenters. The first-order chi connectivity index (χ1) is 12.7. The molecule has 0 atom stereocenters. The summed E-state index contributed by atoms with van der Waals surface area (Å²) in [4.78, 5) is 16.3. The molecule has 0 radical (unpaired) electrons. The molecule has 0 fully saturated rings. The van der Waals surface area contributed by atoms with Crippen molar-refractivity contribution >= 4 is 17.7 Å². The number of thioether (sulfide) groups is 1. The molecule has 2 heterocycles. The maximum atomic E-state index is 11.8. The molecule has 3 rings (SSSR count). The van der Waals surface area contributed by atoms with Crippen LogP contribution in [0, 0.1) is 11.3 Å². The number of hydrogen-bond acceptors (Lipinski definition) is 6. The molecule has 0 aliphatic carbocycles. The summed E-state index contributed by atoms with van der Waals surface area (Å²) < 4.78 is 13.3. The minimum Gasteiger partial charge on any atom is -0.486 e. The zero-order valence-corrected chi connectivity index (χ0v) is 15.3. The van der Waals surface area contributed by atoms with Crippen molar-refractivity contribution in [1.82, 2.24) is 14.9 Å². The molecule has 0 spiro atoms. The molecule has 1 amide bonds. The van der Waals surface area contributed by atoms with E-state index in [4.69, 9.17) is 14.7 Å². The van der Waals surface area contributed by atoms with Crippen LogP contribution in [0.25, 0.3) is 11.3 Å². The third-order valence-corrected chi connectivity index (χ3v) is 4.85. The van der Waals surface area contributed by atoms with Gasteiger partial charge in [0.25, 0.3) is 0 Å². The number of fused-ring (bicyclic) bond motifs is 1. The summed E-state index contributed by atoms with van der Waals surface area (Å²) in [5.74, 6) is 1.66.